The molecule has 5 nitrogen and oxygen atoms in total. The van der Waals surface area contributed by atoms with E-state index < -0.39 is 17.8 Å². The summed E-state index contributed by atoms with van der Waals surface area (Å²) < 4.78 is 45.6. The van der Waals surface area contributed by atoms with Gasteiger partial charge >= 0.3 is 12.3 Å². The van der Waals surface area contributed by atoms with Crippen molar-refractivity contribution < 1.29 is 27.8 Å². The summed E-state index contributed by atoms with van der Waals surface area (Å²) in [6.45, 7) is 1.15. The molecule has 0 aromatic heterocycles. The second-order valence-corrected chi connectivity index (χ2v) is 6.72. The Morgan fingerprint density at radius 2 is 1.89 bits per heavy atom. The van der Waals surface area contributed by atoms with Gasteiger partial charge in [-0.15, -0.1) is 0 Å². The molecule has 2 aromatic carbocycles. The van der Waals surface area contributed by atoms with Crippen LogP contribution < -0.4 is 10.5 Å². The van der Waals surface area contributed by atoms with Crippen LogP contribution in [0.1, 0.15) is 5.56 Å². The Balaban J connectivity index is 1.74. The summed E-state index contributed by atoms with van der Waals surface area (Å²) in [4.78, 5) is 12.0. The molecular weight excluding hydrogens is 385 g/mol. The van der Waals surface area contributed by atoms with Crippen LogP contribution in [0.5, 0.6) is 5.75 Å². The van der Waals surface area contributed by atoms with Gasteiger partial charge in [0.25, 0.3) is 0 Å². The fourth-order valence-corrected chi connectivity index (χ4v) is 3.24. The molecule has 0 radical (unpaired) electrons. The Morgan fingerprint density at radius 3 is 2.44 bits per heavy atom. The van der Waals surface area contributed by atoms with E-state index in [1.54, 1.807) is 12.1 Å². The van der Waals surface area contributed by atoms with Gasteiger partial charge in [-0.05, 0) is 29.8 Å². The first kappa shape index (κ1) is 19.2. The number of rotatable bonds is 4. The number of halogens is 4. The maximum atomic E-state index is 13.3. The molecule has 0 spiro atoms. The number of benzene rings is 2. The van der Waals surface area contributed by atoms with Crippen molar-refractivity contribution in [1.29, 1.82) is 0 Å². The average Bonchev–Trinajstić information content (AvgIpc) is 2.52. The highest BCUT2D eigenvalue weighted by Gasteiger charge is 2.35. The number of amides is 1. The normalized spacial score (nSPS) is 14.7. The molecule has 3 N–H and O–H groups in total. The molecule has 2 aromatic rings. The summed E-state index contributed by atoms with van der Waals surface area (Å²) in [5, 5.41) is 8.70. The number of nitrogens with zero attached hydrogens (tertiary/aromatic N) is 1. The summed E-state index contributed by atoms with van der Waals surface area (Å²) in [7, 11) is 0. The number of ether oxygens (including phenoxy) is 1. The minimum absolute atomic E-state index is 0.0630. The molecule has 144 valence electrons. The highest BCUT2D eigenvalue weighted by molar-refractivity contribution is 6.33. The van der Waals surface area contributed by atoms with E-state index in [9.17, 15) is 18.0 Å². The molecule has 1 amide bonds. The third-order valence-corrected chi connectivity index (χ3v) is 4.57. The smallest absolute Gasteiger partial charge is 0.417 e. The largest absolute Gasteiger partial charge is 0.493 e. The summed E-state index contributed by atoms with van der Waals surface area (Å²) >= 11 is 6.02. The predicted molar refractivity (Wildman–Crippen MR) is 94.9 cm³/mol. The third kappa shape index (κ3) is 4.21. The van der Waals surface area contributed by atoms with E-state index in [1.165, 1.54) is 23.1 Å². The van der Waals surface area contributed by atoms with Gasteiger partial charge < -0.3 is 20.5 Å². The van der Waals surface area contributed by atoms with Crippen LogP contribution in [0.15, 0.2) is 36.4 Å². The topological polar surface area (TPSA) is 75.8 Å². The summed E-state index contributed by atoms with van der Waals surface area (Å²) in [6, 6.07) is 8.22. The Labute approximate surface area is 158 Å². The molecule has 0 bridgehead atoms. The monoisotopic (exact) mass is 400 g/mol. The molecule has 1 aliphatic heterocycles. The fraction of sp³-hybridized carbons (Fsp3) is 0.278. The number of likely N-dealkylation sites (tertiary alicyclic amines) is 1. The number of nitrogens with two attached hydrogens (primary N) is 1. The van der Waals surface area contributed by atoms with Crippen LogP contribution in [0.25, 0.3) is 11.1 Å². The molecule has 1 fully saturated rings. The first-order valence-electron chi connectivity index (χ1n) is 8.02. The predicted octanol–water partition coefficient (Wildman–Crippen LogP) is 4.60. The highest BCUT2D eigenvalue weighted by atomic mass is 35.5. The first-order chi connectivity index (χ1) is 12.6. The Kier molecular flexibility index (Phi) is 5.10. The lowest BCUT2D eigenvalue weighted by molar-refractivity contribution is -0.137. The zero-order valence-electron chi connectivity index (χ0n) is 14.0. The van der Waals surface area contributed by atoms with E-state index in [0.717, 1.165) is 6.07 Å². The van der Waals surface area contributed by atoms with E-state index in [1.807, 2.05) is 0 Å². The standard InChI is InChI=1S/C18H16ClF3N2O3/c19-15-6-12(23)5-14(18(20,21)22)16(15)11-1-3-13(4-2-11)27-9-10-7-24(8-10)17(25)26/h1-6,10H,7-9,23H2,(H,25,26). The molecule has 1 aliphatic rings. The van der Waals surface area contributed by atoms with Gasteiger partial charge in [-0.25, -0.2) is 4.79 Å². The molecule has 0 aliphatic carbocycles. The van der Waals surface area contributed by atoms with Gasteiger partial charge in [0.15, 0.2) is 0 Å². The maximum Gasteiger partial charge on any atom is 0.417 e. The molecule has 3 rings (SSSR count). The second kappa shape index (κ2) is 7.19. The molecule has 9 heteroatoms. The molecule has 1 heterocycles. The summed E-state index contributed by atoms with van der Waals surface area (Å²) in [6.07, 6.45) is -5.56. The molecule has 0 saturated carbocycles. The van der Waals surface area contributed by atoms with Crippen LogP contribution in [0.3, 0.4) is 0 Å². The third-order valence-electron chi connectivity index (χ3n) is 4.27. The van der Waals surface area contributed by atoms with Crippen molar-refractivity contribution in [3.8, 4) is 16.9 Å². The van der Waals surface area contributed by atoms with Gasteiger partial charge in [0, 0.05) is 30.3 Å². The van der Waals surface area contributed by atoms with Gasteiger partial charge in [0.05, 0.1) is 17.2 Å². The number of carboxylic acid groups (broad SMARTS) is 1. The zero-order chi connectivity index (χ0) is 19.8. The van der Waals surface area contributed by atoms with Crippen molar-refractivity contribution in [3.63, 3.8) is 0 Å². The van der Waals surface area contributed by atoms with Crippen molar-refractivity contribution in [1.82, 2.24) is 4.90 Å². The van der Waals surface area contributed by atoms with E-state index in [0.29, 0.717) is 31.0 Å². The van der Waals surface area contributed by atoms with Crippen LogP contribution >= 0.6 is 11.6 Å². The van der Waals surface area contributed by atoms with E-state index in [2.05, 4.69) is 0 Å². The van der Waals surface area contributed by atoms with Crippen molar-refractivity contribution in [2.24, 2.45) is 5.92 Å². The van der Waals surface area contributed by atoms with Crippen molar-refractivity contribution in [3.05, 3.63) is 47.0 Å². The first-order valence-corrected chi connectivity index (χ1v) is 8.40. The molecule has 1 saturated heterocycles. The number of hydrogen-bond acceptors (Lipinski definition) is 3. The fourth-order valence-electron chi connectivity index (χ4n) is 2.91. The Morgan fingerprint density at radius 1 is 1.26 bits per heavy atom. The zero-order valence-corrected chi connectivity index (χ0v) is 14.7. The number of alkyl halides is 3. The van der Waals surface area contributed by atoms with Crippen LogP contribution in [-0.2, 0) is 6.18 Å². The van der Waals surface area contributed by atoms with Crippen LogP contribution in [0.4, 0.5) is 23.7 Å². The molecule has 0 unspecified atom stereocenters. The van der Waals surface area contributed by atoms with Crippen LogP contribution in [0, 0.1) is 5.92 Å². The van der Waals surface area contributed by atoms with Gasteiger partial charge in [0.2, 0.25) is 0 Å². The lowest BCUT2D eigenvalue weighted by atomic mass is 9.98. The Hall–Kier alpha value is -2.61. The number of nitrogen functional groups attached to an aromatic ring is 1. The summed E-state index contributed by atoms with van der Waals surface area (Å²) in [5.41, 5.74) is 4.69. The highest BCUT2D eigenvalue weighted by Crippen LogP contribution is 2.42. The van der Waals surface area contributed by atoms with Gasteiger partial charge in [-0.1, -0.05) is 23.7 Å². The van der Waals surface area contributed by atoms with E-state index >= 15 is 0 Å². The number of carbonyl (C=O) groups is 1. The second-order valence-electron chi connectivity index (χ2n) is 6.31. The molecule has 0 atom stereocenters. The number of anilines is 1. The van der Waals surface area contributed by atoms with Crippen molar-refractivity contribution >= 4 is 23.4 Å². The van der Waals surface area contributed by atoms with Gasteiger partial charge in [-0.3, -0.25) is 0 Å². The van der Waals surface area contributed by atoms with Crippen LogP contribution in [0.2, 0.25) is 5.02 Å². The van der Waals surface area contributed by atoms with E-state index in [-0.39, 0.29) is 22.2 Å². The minimum atomic E-state index is -4.59. The van der Waals surface area contributed by atoms with Gasteiger partial charge in [0.1, 0.15) is 5.75 Å². The summed E-state index contributed by atoms with van der Waals surface area (Å²) in [5.74, 6) is 0.580. The molecule has 27 heavy (non-hydrogen) atoms. The van der Waals surface area contributed by atoms with Crippen molar-refractivity contribution in [2.75, 3.05) is 25.4 Å². The van der Waals surface area contributed by atoms with Gasteiger partial charge in [-0.2, -0.15) is 13.2 Å². The Bertz CT molecular complexity index is 850. The van der Waals surface area contributed by atoms with Crippen molar-refractivity contribution in [2.45, 2.75) is 6.18 Å². The average molecular weight is 401 g/mol. The lowest BCUT2D eigenvalue weighted by Gasteiger charge is -2.36. The number of hydrogen-bond donors (Lipinski definition) is 2. The van der Waals surface area contributed by atoms with E-state index in [4.69, 9.17) is 27.2 Å². The molecular formula is C18H16ClF3N2O3. The minimum Gasteiger partial charge on any atom is -0.493 e. The SMILES string of the molecule is Nc1cc(Cl)c(-c2ccc(OCC3CN(C(=O)O)C3)cc2)c(C(F)(F)F)c1. The maximum absolute atomic E-state index is 13.3. The quantitative estimate of drug-likeness (QED) is 0.735. The lowest BCUT2D eigenvalue weighted by Crippen LogP contribution is -2.51. The van der Waals surface area contributed by atoms with Crippen LogP contribution in [-0.4, -0.2) is 35.8 Å².